The minimum absolute atomic E-state index is 0.233. The summed E-state index contributed by atoms with van der Waals surface area (Å²) in [5, 5.41) is 12.0. The number of hydrogen-bond acceptors (Lipinski definition) is 4. The number of aromatic nitrogens is 1. The van der Waals surface area contributed by atoms with Gasteiger partial charge in [-0.3, -0.25) is 0 Å². The van der Waals surface area contributed by atoms with E-state index in [1.165, 1.54) is 0 Å². The molecule has 4 heteroatoms. The number of hydrogen-bond donors (Lipinski definition) is 3. The van der Waals surface area contributed by atoms with Gasteiger partial charge in [-0.25, -0.2) is 4.98 Å². The molecule has 1 aromatic rings. The molecule has 15 heavy (non-hydrogen) atoms. The summed E-state index contributed by atoms with van der Waals surface area (Å²) in [6.07, 6.45) is 0.807. The first-order valence-corrected chi connectivity index (χ1v) is 5.21. The van der Waals surface area contributed by atoms with Gasteiger partial charge in [0, 0.05) is 13.2 Å². The SMILES string of the molecule is Cc1nc(NCC(C)CCO)ccc1N. The Morgan fingerprint density at radius 3 is 2.87 bits per heavy atom. The summed E-state index contributed by atoms with van der Waals surface area (Å²) in [6.45, 7) is 5.03. The zero-order chi connectivity index (χ0) is 11.3. The first-order chi connectivity index (χ1) is 7.13. The highest BCUT2D eigenvalue weighted by Gasteiger charge is 2.02. The number of nitrogen functional groups attached to an aromatic ring is 1. The third kappa shape index (κ3) is 3.75. The molecule has 0 aliphatic rings. The maximum absolute atomic E-state index is 8.75. The van der Waals surface area contributed by atoms with Crippen LogP contribution in [-0.4, -0.2) is 23.2 Å². The molecule has 4 nitrogen and oxygen atoms in total. The Hall–Kier alpha value is -1.29. The van der Waals surface area contributed by atoms with Crippen molar-refractivity contribution in [1.29, 1.82) is 0 Å². The number of nitrogens with one attached hydrogen (secondary N) is 1. The van der Waals surface area contributed by atoms with E-state index in [9.17, 15) is 0 Å². The minimum atomic E-state index is 0.233. The van der Waals surface area contributed by atoms with Gasteiger partial charge in [0.1, 0.15) is 5.82 Å². The van der Waals surface area contributed by atoms with E-state index in [1.54, 1.807) is 0 Å². The van der Waals surface area contributed by atoms with Gasteiger partial charge in [0.05, 0.1) is 11.4 Å². The molecule has 0 aromatic carbocycles. The summed E-state index contributed by atoms with van der Waals surface area (Å²) in [5.41, 5.74) is 7.22. The highest BCUT2D eigenvalue weighted by atomic mass is 16.3. The first-order valence-electron chi connectivity index (χ1n) is 5.21. The molecular weight excluding hydrogens is 190 g/mol. The summed E-state index contributed by atoms with van der Waals surface area (Å²) >= 11 is 0. The molecule has 0 saturated heterocycles. The van der Waals surface area contributed by atoms with E-state index >= 15 is 0 Å². The zero-order valence-corrected chi connectivity index (χ0v) is 9.33. The van der Waals surface area contributed by atoms with Crippen molar-refractivity contribution in [2.75, 3.05) is 24.2 Å². The van der Waals surface area contributed by atoms with E-state index in [-0.39, 0.29) is 6.61 Å². The predicted octanol–water partition coefficient (Wildman–Crippen LogP) is 1.40. The van der Waals surface area contributed by atoms with Gasteiger partial charge in [0.2, 0.25) is 0 Å². The molecule has 1 rings (SSSR count). The van der Waals surface area contributed by atoms with Crippen LogP contribution in [0, 0.1) is 12.8 Å². The Bertz CT molecular complexity index is 315. The standard InChI is InChI=1S/C11H19N3O/c1-8(5-6-15)7-13-11-4-3-10(12)9(2)14-11/h3-4,8,15H,5-7,12H2,1-2H3,(H,13,14). The minimum Gasteiger partial charge on any atom is -0.397 e. The smallest absolute Gasteiger partial charge is 0.126 e. The van der Waals surface area contributed by atoms with Crippen molar-refractivity contribution in [3.8, 4) is 0 Å². The van der Waals surface area contributed by atoms with Crippen molar-refractivity contribution in [1.82, 2.24) is 4.98 Å². The molecule has 0 aliphatic carbocycles. The van der Waals surface area contributed by atoms with Gasteiger partial charge in [0.25, 0.3) is 0 Å². The molecule has 4 N–H and O–H groups in total. The van der Waals surface area contributed by atoms with Gasteiger partial charge < -0.3 is 16.2 Å². The lowest BCUT2D eigenvalue weighted by molar-refractivity contribution is 0.266. The topological polar surface area (TPSA) is 71.2 Å². The Morgan fingerprint density at radius 1 is 1.53 bits per heavy atom. The fourth-order valence-corrected chi connectivity index (χ4v) is 1.27. The van der Waals surface area contributed by atoms with Crippen LogP contribution in [0.3, 0.4) is 0 Å². The van der Waals surface area contributed by atoms with Gasteiger partial charge in [-0.2, -0.15) is 0 Å². The lowest BCUT2D eigenvalue weighted by Gasteiger charge is -2.12. The van der Waals surface area contributed by atoms with E-state index in [0.717, 1.165) is 24.5 Å². The summed E-state index contributed by atoms with van der Waals surface area (Å²) in [6, 6.07) is 3.72. The van der Waals surface area contributed by atoms with Crippen molar-refractivity contribution < 1.29 is 5.11 Å². The van der Waals surface area contributed by atoms with Crippen molar-refractivity contribution in [3.63, 3.8) is 0 Å². The maximum Gasteiger partial charge on any atom is 0.126 e. The highest BCUT2D eigenvalue weighted by Crippen LogP contribution is 2.12. The van der Waals surface area contributed by atoms with E-state index in [4.69, 9.17) is 10.8 Å². The molecule has 1 aromatic heterocycles. The molecule has 1 atom stereocenters. The lowest BCUT2D eigenvalue weighted by atomic mass is 10.1. The third-order valence-corrected chi connectivity index (χ3v) is 2.38. The average molecular weight is 209 g/mol. The molecule has 0 aliphatic heterocycles. The number of aliphatic hydroxyl groups excluding tert-OH is 1. The summed E-state index contributed by atoms with van der Waals surface area (Å²) < 4.78 is 0. The molecule has 0 fully saturated rings. The van der Waals surface area contributed by atoms with Gasteiger partial charge >= 0.3 is 0 Å². The van der Waals surface area contributed by atoms with Crippen molar-refractivity contribution in [3.05, 3.63) is 17.8 Å². The van der Waals surface area contributed by atoms with Crippen molar-refractivity contribution in [2.45, 2.75) is 20.3 Å². The van der Waals surface area contributed by atoms with Gasteiger partial charge in [-0.15, -0.1) is 0 Å². The van der Waals surface area contributed by atoms with Crippen LogP contribution in [0.4, 0.5) is 11.5 Å². The Balaban J connectivity index is 2.47. The molecule has 0 spiro atoms. The molecule has 1 heterocycles. The van der Waals surface area contributed by atoms with Crippen LogP contribution in [0.5, 0.6) is 0 Å². The molecule has 0 amide bonds. The summed E-state index contributed by atoms with van der Waals surface area (Å²) in [5.74, 6) is 1.28. The quantitative estimate of drug-likeness (QED) is 0.685. The molecule has 84 valence electrons. The van der Waals surface area contributed by atoms with Crippen LogP contribution in [0.15, 0.2) is 12.1 Å². The third-order valence-electron chi connectivity index (χ3n) is 2.38. The second-order valence-electron chi connectivity index (χ2n) is 3.87. The maximum atomic E-state index is 8.75. The molecule has 1 unspecified atom stereocenters. The van der Waals surface area contributed by atoms with E-state index in [2.05, 4.69) is 17.2 Å². The highest BCUT2D eigenvalue weighted by molar-refractivity contribution is 5.48. The molecule has 0 radical (unpaired) electrons. The second-order valence-corrected chi connectivity index (χ2v) is 3.87. The number of anilines is 2. The van der Waals surface area contributed by atoms with Crippen LogP contribution in [0.25, 0.3) is 0 Å². The first kappa shape index (κ1) is 11.8. The van der Waals surface area contributed by atoms with Gasteiger partial charge in [0.15, 0.2) is 0 Å². The average Bonchev–Trinajstić information content (AvgIpc) is 2.20. The molecular formula is C11H19N3O. The predicted molar refractivity (Wildman–Crippen MR) is 62.7 cm³/mol. The number of aryl methyl sites for hydroxylation is 1. The van der Waals surface area contributed by atoms with Gasteiger partial charge in [-0.1, -0.05) is 6.92 Å². The van der Waals surface area contributed by atoms with Crippen LogP contribution < -0.4 is 11.1 Å². The fourth-order valence-electron chi connectivity index (χ4n) is 1.27. The van der Waals surface area contributed by atoms with Crippen LogP contribution >= 0.6 is 0 Å². The lowest BCUT2D eigenvalue weighted by Crippen LogP contribution is -2.13. The van der Waals surface area contributed by atoms with Crippen molar-refractivity contribution in [2.24, 2.45) is 5.92 Å². The van der Waals surface area contributed by atoms with Gasteiger partial charge in [-0.05, 0) is 31.4 Å². The van der Waals surface area contributed by atoms with E-state index < -0.39 is 0 Å². The monoisotopic (exact) mass is 209 g/mol. The fraction of sp³-hybridized carbons (Fsp3) is 0.545. The zero-order valence-electron chi connectivity index (χ0n) is 9.33. The second kappa shape index (κ2) is 5.56. The largest absolute Gasteiger partial charge is 0.397 e. The number of aliphatic hydroxyl groups is 1. The summed E-state index contributed by atoms with van der Waals surface area (Å²) in [7, 11) is 0. The number of pyridine rings is 1. The number of nitrogens with two attached hydrogens (primary N) is 1. The Morgan fingerprint density at radius 2 is 2.27 bits per heavy atom. The van der Waals surface area contributed by atoms with Crippen molar-refractivity contribution >= 4 is 11.5 Å². The summed E-state index contributed by atoms with van der Waals surface area (Å²) in [4.78, 5) is 4.31. The normalized spacial score (nSPS) is 12.5. The Kier molecular flexibility index (Phi) is 4.37. The molecule has 0 saturated carbocycles. The Labute approximate surface area is 90.5 Å². The van der Waals surface area contributed by atoms with Crippen LogP contribution in [0.1, 0.15) is 19.0 Å². The van der Waals surface area contributed by atoms with E-state index in [0.29, 0.717) is 11.6 Å². The molecule has 0 bridgehead atoms. The van der Waals surface area contributed by atoms with E-state index in [1.807, 2.05) is 19.1 Å². The number of rotatable bonds is 5. The number of nitrogens with zero attached hydrogens (tertiary/aromatic N) is 1. The van der Waals surface area contributed by atoms with Crippen LogP contribution in [0.2, 0.25) is 0 Å². The van der Waals surface area contributed by atoms with Crippen LogP contribution in [-0.2, 0) is 0 Å².